The van der Waals surface area contributed by atoms with Crippen molar-refractivity contribution in [3.63, 3.8) is 0 Å². The highest BCUT2D eigenvalue weighted by Crippen LogP contribution is 2.28. The molecule has 1 atom stereocenters. The Morgan fingerprint density at radius 1 is 1.50 bits per heavy atom. The van der Waals surface area contributed by atoms with Crippen molar-refractivity contribution in [3.8, 4) is 0 Å². The molecule has 3 nitrogen and oxygen atoms in total. The first-order chi connectivity index (χ1) is 7.81. The summed E-state index contributed by atoms with van der Waals surface area (Å²) in [5, 5.41) is 3.80. The predicted molar refractivity (Wildman–Crippen MR) is 65.7 cm³/mol. The zero-order valence-electron chi connectivity index (χ0n) is 9.29. The van der Waals surface area contributed by atoms with Gasteiger partial charge in [0.25, 0.3) is 0 Å². The zero-order chi connectivity index (χ0) is 11.4. The molecule has 0 saturated carbocycles. The standard InChI is InChI=1S/C12H17ClN2O/c1-2-3-10(11-4-5-12(13)16-11)15-8-6-14-7-9-15/h2,4-5,10,14H,1,3,6-9H2/t10-/m0/s1. The van der Waals surface area contributed by atoms with Crippen LogP contribution in [0.2, 0.25) is 5.22 Å². The summed E-state index contributed by atoms with van der Waals surface area (Å²) in [6.07, 6.45) is 2.83. The second kappa shape index (κ2) is 5.53. The Labute approximate surface area is 101 Å². The molecule has 1 aliphatic heterocycles. The average molecular weight is 241 g/mol. The smallest absolute Gasteiger partial charge is 0.193 e. The minimum absolute atomic E-state index is 0.270. The highest BCUT2D eigenvalue weighted by atomic mass is 35.5. The lowest BCUT2D eigenvalue weighted by atomic mass is 10.1. The first-order valence-electron chi connectivity index (χ1n) is 5.62. The SMILES string of the molecule is C=CC[C@@H](c1ccc(Cl)o1)N1CCNCC1. The molecule has 0 spiro atoms. The van der Waals surface area contributed by atoms with Gasteiger partial charge in [0.15, 0.2) is 5.22 Å². The van der Waals surface area contributed by atoms with Crippen LogP contribution in [0.1, 0.15) is 18.2 Å². The Kier molecular flexibility index (Phi) is 4.04. The van der Waals surface area contributed by atoms with Crippen LogP contribution in [-0.2, 0) is 0 Å². The normalized spacial score (nSPS) is 19.6. The van der Waals surface area contributed by atoms with Gasteiger partial charge in [-0.1, -0.05) is 6.08 Å². The van der Waals surface area contributed by atoms with E-state index in [1.165, 1.54) is 0 Å². The fraction of sp³-hybridized carbons (Fsp3) is 0.500. The molecule has 1 aromatic rings. The number of piperazine rings is 1. The van der Waals surface area contributed by atoms with Crippen LogP contribution in [0, 0.1) is 0 Å². The maximum absolute atomic E-state index is 5.82. The van der Waals surface area contributed by atoms with Crippen LogP contribution in [0.15, 0.2) is 29.2 Å². The van der Waals surface area contributed by atoms with Crippen molar-refractivity contribution in [1.82, 2.24) is 10.2 Å². The Morgan fingerprint density at radius 3 is 2.81 bits per heavy atom. The largest absolute Gasteiger partial charge is 0.448 e. The van der Waals surface area contributed by atoms with E-state index in [0.717, 1.165) is 38.4 Å². The molecule has 1 aliphatic rings. The van der Waals surface area contributed by atoms with E-state index >= 15 is 0 Å². The first kappa shape index (κ1) is 11.7. The summed E-state index contributed by atoms with van der Waals surface area (Å²) in [4.78, 5) is 2.41. The summed E-state index contributed by atoms with van der Waals surface area (Å²) in [5.41, 5.74) is 0. The molecule has 0 amide bonds. The van der Waals surface area contributed by atoms with Crippen molar-refractivity contribution >= 4 is 11.6 Å². The highest BCUT2D eigenvalue weighted by molar-refractivity contribution is 6.28. The van der Waals surface area contributed by atoms with Crippen LogP contribution in [0.3, 0.4) is 0 Å². The maximum atomic E-state index is 5.82. The van der Waals surface area contributed by atoms with Gasteiger partial charge in [0.2, 0.25) is 0 Å². The van der Waals surface area contributed by atoms with Crippen molar-refractivity contribution in [3.05, 3.63) is 35.8 Å². The van der Waals surface area contributed by atoms with Crippen molar-refractivity contribution in [2.75, 3.05) is 26.2 Å². The van der Waals surface area contributed by atoms with Gasteiger partial charge in [-0.3, -0.25) is 4.90 Å². The summed E-state index contributed by atoms with van der Waals surface area (Å²) in [6.45, 7) is 7.95. The number of nitrogens with one attached hydrogen (secondary N) is 1. The van der Waals surface area contributed by atoms with Gasteiger partial charge in [0.05, 0.1) is 6.04 Å². The minimum atomic E-state index is 0.270. The molecule has 4 heteroatoms. The van der Waals surface area contributed by atoms with Gasteiger partial charge in [-0.25, -0.2) is 0 Å². The second-order valence-corrected chi connectivity index (χ2v) is 4.34. The summed E-state index contributed by atoms with van der Waals surface area (Å²) < 4.78 is 5.51. The highest BCUT2D eigenvalue weighted by Gasteiger charge is 2.23. The molecule has 0 aliphatic carbocycles. The van der Waals surface area contributed by atoms with Crippen molar-refractivity contribution < 1.29 is 4.42 Å². The number of hydrogen-bond acceptors (Lipinski definition) is 3. The molecule has 0 unspecified atom stereocenters. The van der Waals surface area contributed by atoms with E-state index in [4.69, 9.17) is 16.0 Å². The van der Waals surface area contributed by atoms with Crippen LogP contribution in [-0.4, -0.2) is 31.1 Å². The first-order valence-corrected chi connectivity index (χ1v) is 6.00. The van der Waals surface area contributed by atoms with Gasteiger partial charge in [-0.15, -0.1) is 6.58 Å². The maximum Gasteiger partial charge on any atom is 0.193 e. The van der Waals surface area contributed by atoms with E-state index in [9.17, 15) is 0 Å². The van der Waals surface area contributed by atoms with E-state index in [1.54, 1.807) is 6.07 Å². The van der Waals surface area contributed by atoms with Crippen molar-refractivity contribution in [2.45, 2.75) is 12.5 Å². The lowest BCUT2D eigenvalue weighted by Gasteiger charge is -2.33. The molecule has 88 valence electrons. The lowest BCUT2D eigenvalue weighted by Crippen LogP contribution is -2.45. The number of rotatable bonds is 4. The monoisotopic (exact) mass is 240 g/mol. The summed E-state index contributed by atoms with van der Waals surface area (Å²) in [7, 11) is 0. The zero-order valence-corrected chi connectivity index (χ0v) is 10.0. The molecule has 1 aromatic heterocycles. The molecule has 1 N–H and O–H groups in total. The third-order valence-corrected chi connectivity index (χ3v) is 3.11. The molecule has 2 rings (SSSR count). The van der Waals surface area contributed by atoms with E-state index in [1.807, 2.05) is 12.1 Å². The summed E-state index contributed by atoms with van der Waals surface area (Å²) >= 11 is 5.82. The molecule has 0 aromatic carbocycles. The van der Waals surface area contributed by atoms with Gasteiger partial charge in [0, 0.05) is 26.2 Å². The van der Waals surface area contributed by atoms with Crippen molar-refractivity contribution in [2.24, 2.45) is 0 Å². The Bertz CT molecular complexity index is 345. The third-order valence-electron chi connectivity index (χ3n) is 2.90. The molecule has 1 fully saturated rings. The Hall–Kier alpha value is -0.770. The molecule has 1 saturated heterocycles. The fourth-order valence-corrected chi connectivity index (χ4v) is 2.26. The van der Waals surface area contributed by atoms with Gasteiger partial charge < -0.3 is 9.73 Å². The quantitative estimate of drug-likeness (QED) is 0.820. The summed E-state index contributed by atoms with van der Waals surface area (Å²) in [6, 6.07) is 4.03. The second-order valence-electron chi connectivity index (χ2n) is 3.97. The van der Waals surface area contributed by atoms with Crippen LogP contribution in [0.4, 0.5) is 0 Å². The van der Waals surface area contributed by atoms with E-state index in [0.29, 0.717) is 5.22 Å². The van der Waals surface area contributed by atoms with E-state index in [-0.39, 0.29) is 6.04 Å². The molecule has 16 heavy (non-hydrogen) atoms. The van der Waals surface area contributed by atoms with E-state index < -0.39 is 0 Å². The van der Waals surface area contributed by atoms with Gasteiger partial charge in [0.1, 0.15) is 5.76 Å². The molecule has 0 radical (unpaired) electrons. The summed E-state index contributed by atoms with van der Waals surface area (Å²) in [5.74, 6) is 0.937. The van der Waals surface area contributed by atoms with Gasteiger partial charge in [-0.05, 0) is 30.2 Å². The predicted octanol–water partition coefficient (Wildman–Crippen LogP) is 2.46. The van der Waals surface area contributed by atoms with E-state index in [2.05, 4.69) is 16.8 Å². The Balaban J connectivity index is 2.12. The molecular formula is C12H17ClN2O. The van der Waals surface area contributed by atoms with Crippen molar-refractivity contribution in [1.29, 1.82) is 0 Å². The van der Waals surface area contributed by atoms with Crippen LogP contribution >= 0.6 is 11.6 Å². The van der Waals surface area contributed by atoms with Crippen LogP contribution < -0.4 is 5.32 Å². The molecule has 0 bridgehead atoms. The molecular weight excluding hydrogens is 224 g/mol. The topological polar surface area (TPSA) is 28.4 Å². The Morgan fingerprint density at radius 2 is 2.25 bits per heavy atom. The lowest BCUT2D eigenvalue weighted by molar-refractivity contribution is 0.156. The average Bonchev–Trinajstić information content (AvgIpc) is 2.74. The third kappa shape index (κ3) is 2.67. The minimum Gasteiger partial charge on any atom is -0.448 e. The van der Waals surface area contributed by atoms with Crippen LogP contribution in [0.5, 0.6) is 0 Å². The fourth-order valence-electron chi connectivity index (χ4n) is 2.10. The molecule has 2 heterocycles. The number of halogens is 1. The number of furan rings is 1. The van der Waals surface area contributed by atoms with Gasteiger partial charge in [-0.2, -0.15) is 0 Å². The number of hydrogen-bond donors (Lipinski definition) is 1. The number of nitrogens with zero attached hydrogens (tertiary/aromatic N) is 1. The van der Waals surface area contributed by atoms with Gasteiger partial charge >= 0.3 is 0 Å². The van der Waals surface area contributed by atoms with Crippen LogP contribution in [0.25, 0.3) is 0 Å².